The molecule has 0 aromatic rings. The zero-order valence-corrected chi connectivity index (χ0v) is 17.7. The second-order valence-electron chi connectivity index (χ2n) is 5.60. The number of ether oxygens (including phenoxy) is 3. The molecule has 0 bridgehead atoms. The minimum atomic E-state index is 0. The molecule has 1 unspecified atom stereocenters. The van der Waals surface area contributed by atoms with Crippen molar-refractivity contribution in [2.45, 2.75) is 26.3 Å². The molecule has 1 aliphatic rings. The third kappa shape index (κ3) is 11.4. The van der Waals surface area contributed by atoms with Crippen LogP contribution in [0.2, 0.25) is 0 Å². The van der Waals surface area contributed by atoms with Gasteiger partial charge in [0.05, 0.1) is 33.0 Å². The Morgan fingerprint density at radius 3 is 2.62 bits per heavy atom. The topological polar surface area (TPSA) is 67.4 Å². The van der Waals surface area contributed by atoms with Crippen LogP contribution in [-0.4, -0.2) is 89.8 Å². The first kappa shape index (κ1) is 23.8. The smallest absolute Gasteiger partial charge is 0.191 e. The highest BCUT2D eigenvalue weighted by molar-refractivity contribution is 14.0. The number of nitrogens with one attached hydrogen (secondary N) is 2. The van der Waals surface area contributed by atoms with Gasteiger partial charge in [-0.1, -0.05) is 0 Å². The number of nitrogens with zero attached hydrogens (tertiary/aromatic N) is 2. The Bertz CT molecular complexity index is 316. The first-order valence-electron chi connectivity index (χ1n) is 8.68. The first-order chi connectivity index (χ1) is 11.3. The van der Waals surface area contributed by atoms with Crippen LogP contribution in [0.15, 0.2) is 4.99 Å². The third-order valence-electron chi connectivity index (χ3n) is 3.72. The molecule has 144 valence electrons. The van der Waals surface area contributed by atoms with Crippen molar-refractivity contribution >= 4 is 29.9 Å². The van der Waals surface area contributed by atoms with Gasteiger partial charge in [0.1, 0.15) is 0 Å². The summed E-state index contributed by atoms with van der Waals surface area (Å²) in [6, 6.07) is 0.437. The maximum Gasteiger partial charge on any atom is 0.191 e. The van der Waals surface area contributed by atoms with E-state index >= 15 is 0 Å². The normalized spacial score (nSPS) is 17.2. The summed E-state index contributed by atoms with van der Waals surface area (Å²) in [4.78, 5) is 7.12. The monoisotopic (exact) mass is 458 g/mol. The summed E-state index contributed by atoms with van der Waals surface area (Å²) in [5, 5.41) is 6.64. The van der Waals surface area contributed by atoms with Crippen LogP contribution in [0.25, 0.3) is 0 Å². The highest BCUT2D eigenvalue weighted by atomic mass is 127. The minimum absolute atomic E-state index is 0. The third-order valence-corrected chi connectivity index (χ3v) is 3.72. The predicted octanol–water partition coefficient (Wildman–Crippen LogP) is 0.933. The average molecular weight is 458 g/mol. The van der Waals surface area contributed by atoms with Gasteiger partial charge in [0, 0.05) is 45.9 Å². The molecule has 1 aliphatic heterocycles. The SMILES string of the molecule is CCNC(=NCC(C)N1CCOCC1)NCCCOCCOC.I. The summed E-state index contributed by atoms with van der Waals surface area (Å²) in [5.74, 6) is 0.879. The van der Waals surface area contributed by atoms with Crippen LogP contribution in [0, 0.1) is 0 Å². The number of hydrogen-bond donors (Lipinski definition) is 2. The number of halogens is 1. The van der Waals surface area contributed by atoms with E-state index in [-0.39, 0.29) is 24.0 Å². The molecule has 0 saturated carbocycles. The lowest BCUT2D eigenvalue weighted by atomic mass is 10.2. The molecule has 2 N–H and O–H groups in total. The van der Waals surface area contributed by atoms with E-state index in [1.54, 1.807) is 7.11 Å². The standard InChI is InChI=1S/C16H34N4O3.HI/c1-4-17-16(18-6-5-9-22-13-12-21-3)19-14-15(2)20-7-10-23-11-8-20;/h15H,4-14H2,1-3H3,(H2,17,18,19);1H. The zero-order valence-electron chi connectivity index (χ0n) is 15.4. The number of rotatable bonds is 11. The lowest BCUT2D eigenvalue weighted by Crippen LogP contribution is -2.44. The van der Waals surface area contributed by atoms with Crippen LogP contribution in [0.1, 0.15) is 20.3 Å². The van der Waals surface area contributed by atoms with Crippen molar-refractivity contribution < 1.29 is 14.2 Å². The number of aliphatic imine (C=N–C) groups is 1. The molecule has 24 heavy (non-hydrogen) atoms. The average Bonchev–Trinajstić information content (AvgIpc) is 2.59. The number of methoxy groups -OCH3 is 1. The number of morpholine rings is 1. The van der Waals surface area contributed by atoms with Gasteiger partial charge < -0.3 is 24.8 Å². The highest BCUT2D eigenvalue weighted by Gasteiger charge is 2.16. The fourth-order valence-electron chi connectivity index (χ4n) is 2.32. The number of hydrogen-bond acceptors (Lipinski definition) is 5. The molecule has 1 rings (SSSR count). The molecule has 8 heteroatoms. The lowest BCUT2D eigenvalue weighted by molar-refractivity contribution is 0.0220. The van der Waals surface area contributed by atoms with E-state index in [4.69, 9.17) is 14.2 Å². The quantitative estimate of drug-likeness (QED) is 0.208. The Balaban J connectivity index is 0.00000529. The van der Waals surface area contributed by atoms with Crippen molar-refractivity contribution in [3.63, 3.8) is 0 Å². The second-order valence-corrected chi connectivity index (χ2v) is 5.60. The summed E-state index contributed by atoms with van der Waals surface area (Å²) in [6.45, 7) is 12.5. The lowest BCUT2D eigenvalue weighted by Gasteiger charge is -2.31. The van der Waals surface area contributed by atoms with Gasteiger partial charge >= 0.3 is 0 Å². The Morgan fingerprint density at radius 2 is 1.96 bits per heavy atom. The van der Waals surface area contributed by atoms with Gasteiger partial charge in [-0.2, -0.15) is 0 Å². The van der Waals surface area contributed by atoms with E-state index in [0.717, 1.165) is 64.9 Å². The van der Waals surface area contributed by atoms with Crippen LogP contribution < -0.4 is 10.6 Å². The van der Waals surface area contributed by atoms with Crippen LogP contribution in [0.5, 0.6) is 0 Å². The van der Waals surface area contributed by atoms with Gasteiger partial charge in [-0.25, -0.2) is 0 Å². The van der Waals surface area contributed by atoms with Gasteiger partial charge in [0.2, 0.25) is 0 Å². The van der Waals surface area contributed by atoms with Gasteiger partial charge in [-0.3, -0.25) is 9.89 Å². The van der Waals surface area contributed by atoms with E-state index in [1.807, 2.05) is 0 Å². The molecule has 1 atom stereocenters. The van der Waals surface area contributed by atoms with Crippen molar-refractivity contribution in [3.05, 3.63) is 0 Å². The van der Waals surface area contributed by atoms with E-state index < -0.39 is 0 Å². The Morgan fingerprint density at radius 1 is 1.21 bits per heavy atom. The minimum Gasteiger partial charge on any atom is -0.382 e. The fourth-order valence-corrected chi connectivity index (χ4v) is 2.32. The Hall–Kier alpha value is -0.160. The summed E-state index contributed by atoms with van der Waals surface area (Å²) in [7, 11) is 1.68. The molecule has 0 amide bonds. The zero-order chi connectivity index (χ0) is 16.8. The van der Waals surface area contributed by atoms with Crippen molar-refractivity contribution in [3.8, 4) is 0 Å². The van der Waals surface area contributed by atoms with Gasteiger partial charge in [-0.05, 0) is 20.3 Å². The van der Waals surface area contributed by atoms with Crippen molar-refractivity contribution in [1.82, 2.24) is 15.5 Å². The van der Waals surface area contributed by atoms with Crippen molar-refractivity contribution in [2.75, 3.05) is 72.9 Å². The molecule has 1 saturated heterocycles. The molecule has 0 aromatic heterocycles. The van der Waals surface area contributed by atoms with Gasteiger partial charge in [0.25, 0.3) is 0 Å². The molecule has 7 nitrogen and oxygen atoms in total. The first-order valence-corrected chi connectivity index (χ1v) is 8.68. The molecule has 0 aliphatic carbocycles. The van der Waals surface area contributed by atoms with Crippen molar-refractivity contribution in [2.24, 2.45) is 4.99 Å². The molecular weight excluding hydrogens is 423 g/mol. The van der Waals surface area contributed by atoms with Gasteiger partial charge in [-0.15, -0.1) is 24.0 Å². The van der Waals surface area contributed by atoms with Crippen LogP contribution in [0.4, 0.5) is 0 Å². The van der Waals surface area contributed by atoms with Crippen LogP contribution >= 0.6 is 24.0 Å². The maximum absolute atomic E-state index is 5.45. The fraction of sp³-hybridized carbons (Fsp3) is 0.938. The molecule has 0 aromatic carbocycles. The largest absolute Gasteiger partial charge is 0.382 e. The Kier molecular flexibility index (Phi) is 16.2. The Labute approximate surface area is 163 Å². The highest BCUT2D eigenvalue weighted by Crippen LogP contribution is 2.03. The van der Waals surface area contributed by atoms with E-state index in [0.29, 0.717) is 19.3 Å². The summed E-state index contributed by atoms with van der Waals surface area (Å²) in [5.41, 5.74) is 0. The van der Waals surface area contributed by atoms with Crippen LogP contribution in [0.3, 0.4) is 0 Å². The molecule has 1 heterocycles. The van der Waals surface area contributed by atoms with Crippen LogP contribution in [-0.2, 0) is 14.2 Å². The van der Waals surface area contributed by atoms with Gasteiger partial charge in [0.15, 0.2) is 5.96 Å². The summed E-state index contributed by atoms with van der Waals surface area (Å²) < 4.78 is 15.8. The predicted molar refractivity (Wildman–Crippen MR) is 109 cm³/mol. The van der Waals surface area contributed by atoms with E-state index in [9.17, 15) is 0 Å². The molecule has 1 fully saturated rings. The summed E-state index contributed by atoms with van der Waals surface area (Å²) in [6.07, 6.45) is 0.952. The maximum atomic E-state index is 5.45. The van der Waals surface area contributed by atoms with E-state index in [1.165, 1.54) is 0 Å². The number of guanidine groups is 1. The summed E-state index contributed by atoms with van der Waals surface area (Å²) >= 11 is 0. The molecule has 0 radical (unpaired) electrons. The molecule has 0 spiro atoms. The van der Waals surface area contributed by atoms with Crippen molar-refractivity contribution in [1.29, 1.82) is 0 Å². The van der Waals surface area contributed by atoms with E-state index in [2.05, 4.69) is 34.4 Å². The molecular formula is C16H35IN4O3. The second kappa shape index (κ2) is 16.3.